The molecule has 2 aromatic carbocycles. The van der Waals surface area contributed by atoms with Gasteiger partial charge in [0.15, 0.2) is 0 Å². The second kappa shape index (κ2) is 5.57. The predicted molar refractivity (Wildman–Crippen MR) is 72.1 cm³/mol. The maximum Gasteiger partial charge on any atom is 0.146 e. The fourth-order valence-electron chi connectivity index (χ4n) is 1.62. The van der Waals surface area contributed by atoms with Crippen molar-refractivity contribution in [3.8, 4) is 17.6 Å². The van der Waals surface area contributed by atoms with Gasteiger partial charge in [-0.3, -0.25) is 0 Å². The third-order valence-corrected chi connectivity index (χ3v) is 2.96. The molecule has 18 heavy (non-hydrogen) atoms. The molecule has 2 nitrogen and oxygen atoms in total. The molecule has 0 aromatic heterocycles. The van der Waals surface area contributed by atoms with Crippen molar-refractivity contribution in [2.24, 2.45) is 0 Å². The van der Waals surface area contributed by atoms with Gasteiger partial charge in [0.05, 0.1) is 5.02 Å². The van der Waals surface area contributed by atoms with Gasteiger partial charge in [-0.25, -0.2) is 0 Å². The quantitative estimate of drug-likeness (QED) is 0.807. The van der Waals surface area contributed by atoms with Gasteiger partial charge in [-0.1, -0.05) is 36.7 Å². The summed E-state index contributed by atoms with van der Waals surface area (Å²) in [4.78, 5) is 0. The zero-order valence-electron chi connectivity index (χ0n) is 9.98. The normalized spacial score (nSPS) is 9.83. The van der Waals surface area contributed by atoms with E-state index in [2.05, 4.69) is 6.92 Å². The molecule has 90 valence electrons. The molecule has 0 aliphatic heterocycles. The van der Waals surface area contributed by atoms with Crippen LogP contribution in [0.5, 0.6) is 11.5 Å². The standard InChI is InChI=1S/C15H12ClNO/c1-2-11-6-8-12(9-7-11)18-15-5-3-4-14(16)13(15)10-17/h3-9H,2H2,1H3. The lowest BCUT2D eigenvalue weighted by Gasteiger charge is -2.08. The highest BCUT2D eigenvalue weighted by molar-refractivity contribution is 6.31. The van der Waals surface area contributed by atoms with Crippen LogP contribution in [-0.2, 0) is 6.42 Å². The first-order valence-electron chi connectivity index (χ1n) is 5.70. The SMILES string of the molecule is CCc1ccc(Oc2cccc(Cl)c2C#N)cc1. The minimum Gasteiger partial charge on any atom is -0.456 e. The van der Waals surface area contributed by atoms with Crippen LogP contribution in [0.4, 0.5) is 0 Å². The Kier molecular flexibility index (Phi) is 3.86. The fourth-order valence-corrected chi connectivity index (χ4v) is 1.83. The molecule has 0 saturated carbocycles. The molecule has 0 spiro atoms. The van der Waals surface area contributed by atoms with Crippen LogP contribution in [0.3, 0.4) is 0 Å². The summed E-state index contributed by atoms with van der Waals surface area (Å²) in [7, 11) is 0. The molecule has 3 heteroatoms. The molecule has 0 radical (unpaired) electrons. The third-order valence-electron chi connectivity index (χ3n) is 2.65. The molecule has 0 bridgehead atoms. The van der Waals surface area contributed by atoms with Crippen LogP contribution in [-0.4, -0.2) is 0 Å². The summed E-state index contributed by atoms with van der Waals surface area (Å²) in [6.07, 6.45) is 0.987. The smallest absolute Gasteiger partial charge is 0.146 e. The van der Waals surface area contributed by atoms with E-state index in [1.807, 2.05) is 30.3 Å². The number of hydrogen-bond donors (Lipinski definition) is 0. The molecule has 0 fully saturated rings. The highest BCUT2D eigenvalue weighted by Crippen LogP contribution is 2.29. The fraction of sp³-hybridized carbons (Fsp3) is 0.133. The Labute approximate surface area is 111 Å². The van der Waals surface area contributed by atoms with Gasteiger partial charge in [-0.2, -0.15) is 5.26 Å². The van der Waals surface area contributed by atoms with Gasteiger partial charge in [0, 0.05) is 0 Å². The second-order valence-corrected chi connectivity index (χ2v) is 4.23. The van der Waals surface area contributed by atoms with Crippen LogP contribution < -0.4 is 4.74 Å². The van der Waals surface area contributed by atoms with Gasteiger partial charge in [0.2, 0.25) is 0 Å². The average Bonchev–Trinajstić information content (AvgIpc) is 2.40. The number of hydrogen-bond acceptors (Lipinski definition) is 2. The zero-order chi connectivity index (χ0) is 13.0. The van der Waals surface area contributed by atoms with Crippen molar-refractivity contribution in [2.75, 3.05) is 0 Å². The van der Waals surface area contributed by atoms with E-state index in [1.165, 1.54) is 5.56 Å². The van der Waals surface area contributed by atoms with E-state index in [-0.39, 0.29) is 0 Å². The molecule has 2 rings (SSSR count). The van der Waals surface area contributed by atoms with E-state index in [1.54, 1.807) is 18.2 Å². The monoisotopic (exact) mass is 257 g/mol. The molecule has 2 aromatic rings. The number of nitrogens with zero attached hydrogens (tertiary/aromatic N) is 1. The first-order chi connectivity index (χ1) is 8.74. The lowest BCUT2D eigenvalue weighted by molar-refractivity contribution is 0.481. The molecular formula is C15H12ClNO. The van der Waals surface area contributed by atoms with E-state index < -0.39 is 0 Å². The first-order valence-corrected chi connectivity index (χ1v) is 6.07. The molecule has 0 N–H and O–H groups in total. The van der Waals surface area contributed by atoms with Gasteiger partial charge in [0.25, 0.3) is 0 Å². The minimum atomic E-state index is 0.360. The van der Waals surface area contributed by atoms with E-state index in [9.17, 15) is 0 Å². The summed E-state index contributed by atoms with van der Waals surface area (Å²) in [5.74, 6) is 1.18. The predicted octanol–water partition coefficient (Wildman–Crippen LogP) is 4.57. The van der Waals surface area contributed by atoms with Gasteiger partial charge in [-0.15, -0.1) is 0 Å². The highest BCUT2D eigenvalue weighted by atomic mass is 35.5. The van der Waals surface area contributed by atoms with Crippen molar-refractivity contribution in [2.45, 2.75) is 13.3 Å². The van der Waals surface area contributed by atoms with Crippen molar-refractivity contribution in [3.63, 3.8) is 0 Å². The van der Waals surface area contributed by atoms with Crippen molar-refractivity contribution >= 4 is 11.6 Å². The molecule has 0 aliphatic carbocycles. The lowest BCUT2D eigenvalue weighted by atomic mass is 10.2. The summed E-state index contributed by atoms with van der Waals surface area (Å²) in [5, 5.41) is 9.45. The number of halogens is 1. The number of aryl methyl sites for hydroxylation is 1. The largest absolute Gasteiger partial charge is 0.456 e. The number of ether oxygens (including phenoxy) is 1. The Bertz CT molecular complexity index is 584. The average molecular weight is 258 g/mol. The molecule has 0 atom stereocenters. The van der Waals surface area contributed by atoms with Gasteiger partial charge in [-0.05, 0) is 36.2 Å². The van der Waals surface area contributed by atoms with E-state index in [4.69, 9.17) is 21.6 Å². The summed E-state index contributed by atoms with van der Waals surface area (Å²) in [5.41, 5.74) is 1.60. The van der Waals surface area contributed by atoms with Crippen LogP contribution >= 0.6 is 11.6 Å². The lowest BCUT2D eigenvalue weighted by Crippen LogP contribution is -1.89. The van der Waals surface area contributed by atoms with Crippen LogP contribution in [0.25, 0.3) is 0 Å². The second-order valence-electron chi connectivity index (χ2n) is 3.82. The highest BCUT2D eigenvalue weighted by Gasteiger charge is 2.08. The van der Waals surface area contributed by atoms with Crippen LogP contribution in [0, 0.1) is 11.3 Å². The van der Waals surface area contributed by atoms with Gasteiger partial charge >= 0.3 is 0 Å². The van der Waals surface area contributed by atoms with Crippen LogP contribution in [0.2, 0.25) is 5.02 Å². The molecule has 0 saturated heterocycles. The van der Waals surface area contributed by atoms with E-state index >= 15 is 0 Å². The first kappa shape index (κ1) is 12.5. The summed E-state index contributed by atoms with van der Waals surface area (Å²) in [6.45, 7) is 2.10. The van der Waals surface area contributed by atoms with Crippen LogP contribution in [0.1, 0.15) is 18.1 Å². The minimum absolute atomic E-state index is 0.360. The topological polar surface area (TPSA) is 33.0 Å². The van der Waals surface area contributed by atoms with Crippen LogP contribution in [0.15, 0.2) is 42.5 Å². The summed E-state index contributed by atoms with van der Waals surface area (Å²) < 4.78 is 5.67. The van der Waals surface area contributed by atoms with Gasteiger partial charge < -0.3 is 4.74 Å². The number of rotatable bonds is 3. The Hall–Kier alpha value is -1.98. The van der Waals surface area contributed by atoms with Crippen molar-refractivity contribution in [3.05, 3.63) is 58.6 Å². The third kappa shape index (κ3) is 2.64. The Balaban J connectivity index is 2.28. The Morgan fingerprint density at radius 1 is 1.17 bits per heavy atom. The molecule has 0 unspecified atom stereocenters. The zero-order valence-corrected chi connectivity index (χ0v) is 10.7. The Morgan fingerprint density at radius 3 is 2.50 bits per heavy atom. The van der Waals surface area contributed by atoms with Crippen molar-refractivity contribution in [1.29, 1.82) is 5.26 Å². The van der Waals surface area contributed by atoms with E-state index in [0.29, 0.717) is 22.1 Å². The van der Waals surface area contributed by atoms with Crippen molar-refractivity contribution in [1.82, 2.24) is 0 Å². The molecule has 0 aliphatic rings. The molecular weight excluding hydrogens is 246 g/mol. The maximum atomic E-state index is 9.05. The summed E-state index contributed by atoms with van der Waals surface area (Å²) >= 11 is 5.94. The Morgan fingerprint density at radius 2 is 1.89 bits per heavy atom. The molecule has 0 amide bonds. The summed E-state index contributed by atoms with van der Waals surface area (Å²) in [6, 6.07) is 15.0. The number of benzene rings is 2. The van der Waals surface area contributed by atoms with Crippen molar-refractivity contribution < 1.29 is 4.74 Å². The molecule has 0 heterocycles. The number of nitriles is 1. The maximum absolute atomic E-state index is 9.05. The van der Waals surface area contributed by atoms with E-state index in [0.717, 1.165) is 6.42 Å². The van der Waals surface area contributed by atoms with Gasteiger partial charge in [0.1, 0.15) is 23.1 Å².